The molecule has 0 bridgehead atoms. The van der Waals surface area contributed by atoms with Crippen molar-refractivity contribution >= 4 is 22.4 Å². The summed E-state index contributed by atoms with van der Waals surface area (Å²) in [4.78, 5) is 3.74. The Morgan fingerprint density at radius 2 is 1.57 bits per heavy atom. The van der Waals surface area contributed by atoms with Crippen LogP contribution >= 0.6 is 11.8 Å². The van der Waals surface area contributed by atoms with Crippen molar-refractivity contribution in [2.75, 3.05) is 25.1 Å². The molecule has 1 unspecified atom stereocenters. The molecule has 5 nitrogen and oxygen atoms in total. The summed E-state index contributed by atoms with van der Waals surface area (Å²) in [6.07, 6.45) is 3.97. The van der Waals surface area contributed by atoms with Crippen LogP contribution in [0.3, 0.4) is 0 Å². The molecule has 0 spiro atoms. The van der Waals surface area contributed by atoms with E-state index in [1.54, 1.807) is 11.8 Å². The van der Waals surface area contributed by atoms with Crippen molar-refractivity contribution in [2.24, 2.45) is 0 Å². The highest BCUT2D eigenvalue weighted by molar-refractivity contribution is 8.08. The average molecular weight is 418 g/mol. The van der Waals surface area contributed by atoms with Crippen molar-refractivity contribution in [2.45, 2.75) is 37.3 Å². The van der Waals surface area contributed by atoms with Gasteiger partial charge in [0, 0.05) is 22.9 Å². The van der Waals surface area contributed by atoms with Crippen LogP contribution in [0.1, 0.15) is 49.1 Å². The Bertz CT molecular complexity index is 1020. The van der Waals surface area contributed by atoms with Crippen molar-refractivity contribution in [3.63, 3.8) is 0 Å². The predicted octanol–water partition coefficient (Wildman–Crippen LogP) is 5.04. The lowest BCUT2D eigenvalue weighted by Gasteiger charge is -2.30. The minimum atomic E-state index is 0.313. The largest absolute Gasteiger partial charge is 0.303 e. The van der Waals surface area contributed by atoms with E-state index in [2.05, 4.69) is 92.8 Å². The standard InChI is InChI=1S/C24H27N5S/c1-18(17-28-15-9-4-10-16-28)23-25-26-24-29(23)27-21(19-11-5-2-6-12-19)22(30-24)20-13-7-3-8-14-20/h2-3,5-8,11-14,18,27H,4,9-10,15-17H2,1H3. The zero-order valence-corrected chi connectivity index (χ0v) is 18.1. The van der Waals surface area contributed by atoms with Gasteiger partial charge < -0.3 is 4.90 Å². The van der Waals surface area contributed by atoms with E-state index in [0.29, 0.717) is 5.92 Å². The summed E-state index contributed by atoms with van der Waals surface area (Å²) in [7, 11) is 0. The fourth-order valence-electron chi connectivity index (χ4n) is 4.28. The van der Waals surface area contributed by atoms with Crippen LogP contribution in [0, 0.1) is 0 Å². The number of benzene rings is 2. The molecule has 154 valence electrons. The zero-order valence-electron chi connectivity index (χ0n) is 17.3. The third kappa shape index (κ3) is 3.89. The number of likely N-dealkylation sites (tertiary alicyclic amines) is 1. The summed E-state index contributed by atoms with van der Waals surface area (Å²) in [5.74, 6) is 1.32. The quantitative estimate of drug-likeness (QED) is 0.630. The van der Waals surface area contributed by atoms with Crippen molar-refractivity contribution in [1.29, 1.82) is 0 Å². The first-order valence-electron chi connectivity index (χ1n) is 10.8. The summed E-state index contributed by atoms with van der Waals surface area (Å²) in [5, 5.41) is 10.0. The molecule has 5 rings (SSSR count). The van der Waals surface area contributed by atoms with Crippen LogP contribution in [0.2, 0.25) is 0 Å². The monoisotopic (exact) mass is 417 g/mol. The molecule has 2 aromatic carbocycles. The topological polar surface area (TPSA) is 46.0 Å². The average Bonchev–Trinajstić information content (AvgIpc) is 3.23. The summed E-state index contributed by atoms with van der Waals surface area (Å²) in [5.41, 5.74) is 7.11. The lowest BCUT2D eigenvalue weighted by molar-refractivity contribution is 0.216. The van der Waals surface area contributed by atoms with Crippen molar-refractivity contribution in [3.05, 3.63) is 77.6 Å². The molecular formula is C24H27N5S. The predicted molar refractivity (Wildman–Crippen MR) is 124 cm³/mol. The van der Waals surface area contributed by atoms with E-state index in [1.807, 2.05) is 0 Å². The maximum absolute atomic E-state index is 4.60. The SMILES string of the molecule is CC(CN1CCCCC1)c1nnc2n1NC(c1ccccc1)=C(c1ccccc1)S2. The molecule has 3 heterocycles. The van der Waals surface area contributed by atoms with Gasteiger partial charge in [-0.25, -0.2) is 4.68 Å². The molecule has 1 fully saturated rings. The maximum atomic E-state index is 4.60. The van der Waals surface area contributed by atoms with Crippen molar-refractivity contribution in [3.8, 4) is 0 Å². The third-order valence-corrected chi connectivity index (χ3v) is 6.91. The second-order valence-corrected chi connectivity index (χ2v) is 9.07. The first kappa shape index (κ1) is 19.4. The normalized spacial score (nSPS) is 18.0. The Morgan fingerprint density at radius 1 is 0.900 bits per heavy atom. The summed E-state index contributed by atoms with van der Waals surface area (Å²) in [6.45, 7) is 5.68. The van der Waals surface area contributed by atoms with E-state index in [-0.39, 0.29) is 0 Å². The second kappa shape index (κ2) is 8.66. The van der Waals surface area contributed by atoms with Crippen LogP contribution < -0.4 is 5.43 Å². The number of nitrogens with zero attached hydrogens (tertiary/aromatic N) is 4. The number of hydrogen-bond acceptors (Lipinski definition) is 5. The number of aromatic nitrogens is 3. The number of hydrogen-bond donors (Lipinski definition) is 1. The summed E-state index contributed by atoms with van der Waals surface area (Å²) >= 11 is 1.69. The van der Waals surface area contributed by atoms with Gasteiger partial charge in [0.2, 0.25) is 5.16 Å². The first-order valence-corrected chi connectivity index (χ1v) is 11.6. The molecule has 3 aromatic rings. The number of nitrogens with one attached hydrogen (secondary N) is 1. The van der Waals surface area contributed by atoms with Gasteiger partial charge in [-0.3, -0.25) is 5.43 Å². The van der Waals surface area contributed by atoms with Crippen LogP contribution in [-0.4, -0.2) is 39.4 Å². The van der Waals surface area contributed by atoms with Crippen LogP contribution in [0.4, 0.5) is 0 Å². The van der Waals surface area contributed by atoms with Gasteiger partial charge in [0.15, 0.2) is 5.82 Å². The van der Waals surface area contributed by atoms with E-state index in [0.717, 1.165) is 28.8 Å². The Labute approximate surface area is 182 Å². The highest BCUT2D eigenvalue weighted by Gasteiger charge is 2.28. The molecular weight excluding hydrogens is 390 g/mol. The second-order valence-electron chi connectivity index (χ2n) is 8.09. The Balaban J connectivity index is 1.48. The van der Waals surface area contributed by atoms with Crippen LogP contribution in [0.15, 0.2) is 65.8 Å². The lowest BCUT2D eigenvalue weighted by Crippen LogP contribution is -2.34. The van der Waals surface area contributed by atoms with E-state index in [1.165, 1.54) is 42.8 Å². The third-order valence-electron chi connectivity index (χ3n) is 5.82. The van der Waals surface area contributed by atoms with E-state index >= 15 is 0 Å². The van der Waals surface area contributed by atoms with Gasteiger partial charge in [-0.2, -0.15) is 0 Å². The van der Waals surface area contributed by atoms with Crippen molar-refractivity contribution in [1.82, 2.24) is 19.8 Å². The van der Waals surface area contributed by atoms with Gasteiger partial charge >= 0.3 is 0 Å². The molecule has 0 radical (unpaired) electrons. The molecule has 1 saturated heterocycles. The highest BCUT2D eigenvalue weighted by Crippen LogP contribution is 2.42. The van der Waals surface area contributed by atoms with E-state index in [9.17, 15) is 0 Å². The van der Waals surface area contributed by atoms with Crippen LogP contribution in [-0.2, 0) is 0 Å². The minimum Gasteiger partial charge on any atom is -0.303 e. The molecule has 2 aliphatic rings. The summed E-state index contributed by atoms with van der Waals surface area (Å²) in [6, 6.07) is 21.0. The molecule has 0 saturated carbocycles. The number of piperidine rings is 1. The lowest BCUT2D eigenvalue weighted by atomic mass is 10.1. The zero-order chi connectivity index (χ0) is 20.3. The minimum absolute atomic E-state index is 0.313. The Kier molecular flexibility index (Phi) is 5.60. The van der Waals surface area contributed by atoms with Crippen molar-refractivity contribution < 1.29 is 0 Å². The number of thioether (sulfide) groups is 1. The smallest absolute Gasteiger partial charge is 0.215 e. The maximum Gasteiger partial charge on any atom is 0.215 e. The number of rotatable bonds is 5. The molecule has 30 heavy (non-hydrogen) atoms. The fourth-order valence-corrected chi connectivity index (χ4v) is 5.29. The molecule has 0 aliphatic carbocycles. The molecule has 6 heteroatoms. The van der Waals surface area contributed by atoms with Gasteiger partial charge in [0.1, 0.15) is 0 Å². The molecule has 1 N–H and O–H groups in total. The highest BCUT2D eigenvalue weighted by atomic mass is 32.2. The van der Waals surface area contributed by atoms with Gasteiger partial charge in [0.05, 0.1) is 5.70 Å². The number of fused-ring (bicyclic) bond motifs is 1. The first-order chi connectivity index (χ1) is 14.8. The Morgan fingerprint density at radius 3 is 2.27 bits per heavy atom. The fraction of sp³-hybridized carbons (Fsp3) is 0.333. The summed E-state index contributed by atoms with van der Waals surface area (Å²) < 4.78 is 2.09. The van der Waals surface area contributed by atoms with Gasteiger partial charge in [-0.15, -0.1) is 10.2 Å². The molecule has 0 amide bonds. The van der Waals surface area contributed by atoms with Crippen LogP contribution in [0.5, 0.6) is 0 Å². The molecule has 1 atom stereocenters. The van der Waals surface area contributed by atoms with Gasteiger partial charge in [-0.05, 0) is 43.3 Å². The van der Waals surface area contributed by atoms with E-state index in [4.69, 9.17) is 0 Å². The molecule has 1 aromatic heterocycles. The molecule has 2 aliphatic heterocycles. The van der Waals surface area contributed by atoms with Gasteiger partial charge in [0.25, 0.3) is 0 Å². The van der Waals surface area contributed by atoms with E-state index < -0.39 is 0 Å². The van der Waals surface area contributed by atoms with Gasteiger partial charge in [-0.1, -0.05) is 74.0 Å². The van der Waals surface area contributed by atoms with Crippen LogP contribution in [0.25, 0.3) is 10.6 Å². The Hall–Kier alpha value is -2.57.